The molecule has 1 aliphatic heterocycles. The van der Waals surface area contributed by atoms with Crippen molar-refractivity contribution in [2.75, 3.05) is 27.2 Å². The highest BCUT2D eigenvalue weighted by molar-refractivity contribution is 7.10. The van der Waals surface area contributed by atoms with Crippen LogP contribution in [0.1, 0.15) is 48.2 Å². The summed E-state index contributed by atoms with van der Waals surface area (Å²) in [7, 11) is 4.06. The smallest absolute Gasteiger partial charge is 0.191 e. The molecule has 26 heavy (non-hydrogen) atoms. The molecule has 6 heteroatoms. The van der Waals surface area contributed by atoms with Crippen LogP contribution in [-0.2, 0) is 0 Å². The first-order valence-corrected chi connectivity index (χ1v) is 10.2. The van der Waals surface area contributed by atoms with Crippen molar-refractivity contribution >= 4 is 17.3 Å². The first-order chi connectivity index (χ1) is 12.6. The fraction of sp³-hybridized carbons (Fsp3) is 0.550. The van der Waals surface area contributed by atoms with Gasteiger partial charge >= 0.3 is 0 Å². The lowest BCUT2D eigenvalue weighted by atomic mass is 9.88. The molecule has 3 heterocycles. The van der Waals surface area contributed by atoms with Gasteiger partial charge in [-0.25, -0.2) is 0 Å². The Bertz CT molecular complexity index is 709. The summed E-state index contributed by atoms with van der Waals surface area (Å²) < 4.78 is 5.71. The van der Waals surface area contributed by atoms with Crippen LogP contribution in [0.3, 0.4) is 0 Å². The second-order valence-electron chi connectivity index (χ2n) is 7.11. The summed E-state index contributed by atoms with van der Waals surface area (Å²) in [6, 6.07) is 8.99. The standard InChI is InChI=1S/C20H30N4OS/c1-14-9-10-17(25-14)15(2)23-20(21-3)22-13-16-7-5-11-24(4)19(16)18-8-6-12-26-18/h6,8-10,12,15-16,19H,5,7,11,13H2,1-4H3,(H2,21,22,23). The topological polar surface area (TPSA) is 52.8 Å². The van der Waals surface area contributed by atoms with Crippen LogP contribution in [0.4, 0.5) is 0 Å². The maximum absolute atomic E-state index is 5.71. The molecule has 0 aliphatic carbocycles. The number of nitrogens with one attached hydrogen (secondary N) is 2. The van der Waals surface area contributed by atoms with E-state index in [4.69, 9.17) is 4.42 Å². The van der Waals surface area contributed by atoms with Gasteiger partial charge in [0.25, 0.3) is 0 Å². The van der Waals surface area contributed by atoms with E-state index in [1.807, 2.05) is 37.4 Å². The fourth-order valence-electron chi connectivity index (χ4n) is 3.77. The largest absolute Gasteiger partial charge is 0.464 e. The van der Waals surface area contributed by atoms with E-state index >= 15 is 0 Å². The monoisotopic (exact) mass is 374 g/mol. The van der Waals surface area contributed by atoms with Crippen molar-refractivity contribution in [3.8, 4) is 0 Å². The van der Waals surface area contributed by atoms with Crippen LogP contribution in [0.2, 0.25) is 0 Å². The Morgan fingerprint density at radius 1 is 1.42 bits per heavy atom. The number of thiophene rings is 1. The molecular formula is C20H30N4OS. The Morgan fingerprint density at radius 2 is 2.27 bits per heavy atom. The van der Waals surface area contributed by atoms with Crippen LogP contribution < -0.4 is 10.6 Å². The van der Waals surface area contributed by atoms with E-state index in [0.29, 0.717) is 12.0 Å². The van der Waals surface area contributed by atoms with Crippen molar-refractivity contribution in [1.29, 1.82) is 0 Å². The van der Waals surface area contributed by atoms with E-state index < -0.39 is 0 Å². The molecule has 0 amide bonds. The van der Waals surface area contributed by atoms with Gasteiger partial charge in [-0.1, -0.05) is 6.07 Å². The Morgan fingerprint density at radius 3 is 2.92 bits per heavy atom. The number of piperidine rings is 1. The summed E-state index contributed by atoms with van der Waals surface area (Å²) in [5.41, 5.74) is 0. The Labute approximate surface area is 160 Å². The number of aliphatic imine (C=N–C) groups is 1. The third-order valence-electron chi connectivity index (χ3n) is 5.14. The van der Waals surface area contributed by atoms with Crippen molar-refractivity contribution in [3.05, 3.63) is 46.0 Å². The normalized spacial score (nSPS) is 23.0. The summed E-state index contributed by atoms with van der Waals surface area (Å²) in [5.74, 6) is 3.26. The first-order valence-electron chi connectivity index (χ1n) is 9.35. The zero-order valence-electron chi connectivity index (χ0n) is 16.2. The number of hydrogen-bond donors (Lipinski definition) is 2. The van der Waals surface area contributed by atoms with Crippen molar-refractivity contribution in [2.24, 2.45) is 10.9 Å². The third kappa shape index (κ3) is 4.48. The minimum atomic E-state index is 0.0806. The molecule has 1 saturated heterocycles. The van der Waals surface area contributed by atoms with Crippen molar-refractivity contribution in [2.45, 2.75) is 38.8 Å². The Hall–Kier alpha value is -1.79. The highest BCUT2D eigenvalue weighted by Gasteiger charge is 2.31. The maximum atomic E-state index is 5.71. The van der Waals surface area contributed by atoms with Gasteiger partial charge in [-0.05, 0) is 69.8 Å². The minimum Gasteiger partial charge on any atom is -0.464 e. The van der Waals surface area contributed by atoms with Gasteiger partial charge in [0.2, 0.25) is 0 Å². The minimum absolute atomic E-state index is 0.0806. The summed E-state index contributed by atoms with van der Waals surface area (Å²) in [5, 5.41) is 9.14. The number of hydrogen-bond acceptors (Lipinski definition) is 4. The molecule has 1 fully saturated rings. The van der Waals surface area contributed by atoms with Crippen molar-refractivity contribution in [1.82, 2.24) is 15.5 Å². The molecule has 0 radical (unpaired) electrons. The molecule has 0 saturated carbocycles. The van der Waals surface area contributed by atoms with Crippen LogP contribution in [0.15, 0.2) is 39.1 Å². The van der Waals surface area contributed by atoms with Crippen molar-refractivity contribution in [3.63, 3.8) is 0 Å². The highest BCUT2D eigenvalue weighted by atomic mass is 32.1. The summed E-state index contributed by atoms with van der Waals surface area (Å²) >= 11 is 1.86. The van der Waals surface area contributed by atoms with Crippen LogP contribution in [-0.4, -0.2) is 38.0 Å². The predicted octanol–water partition coefficient (Wildman–Crippen LogP) is 3.96. The van der Waals surface area contributed by atoms with Gasteiger partial charge in [-0.2, -0.15) is 0 Å². The van der Waals surface area contributed by atoms with E-state index in [0.717, 1.165) is 24.0 Å². The molecule has 2 aromatic heterocycles. The first kappa shape index (κ1) is 19.0. The molecule has 2 N–H and O–H groups in total. The van der Waals surface area contributed by atoms with Gasteiger partial charge in [0.05, 0.1) is 6.04 Å². The average Bonchev–Trinajstić information content (AvgIpc) is 3.30. The number of nitrogens with zero attached hydrogens (tertiary/aromatic N) is 2. The third-order valence-corrected chi connectivity index (χ3v) is 6.08. The van der Waals surface area contributed by atoms with Gasteiger partial charge in [0.1, 0.15) is 11.5 Å². The summed E-state index contributed by atoms with van der Waals surface area (Å²) in [4.78, 5) is 8.35. The van der Waals surface area contributed by atoms with Gasteiger partial charge in [-0.15, -0.1) is 11.3 Å². The predicted molar refractivity (Wildman–Crippen MR) is 109 cm³/mol. The molecule has 1 aliphatic rings. The second-order valence-corrected chi connectivity index (χ2v) is 8.09. The highest BCUT2D eigenvalue weighted by Crippen LogP contribution is 2.36. The molecule has 3 unspecified atom stereocenters. The maximum Gasteiger partial charge on any atom is 0.191 e. The SMILES string of the molecule is CN=C(NCC1CCCN(C)C1c1cccs1)NC(C)c1ccc(C)o1. The van der Waals surface area contributed by atoms with Crippen LogP contribution in [0.5, 0.6) is 0 Å². The molecule has 142 valence electrons. The van der Waals surface area contributed by atoms with Crippen LogP contribution >= 0.6 is 11.3 Å². The average molecular weight is 375 g/mol. The second kappa shape index (κ2) is 8.73. The number of aryl methyl sites for hydroxylation is 1. The fourth-order valence-corrected chi connectivity index (χ4v) is 4.75. The Balaban J connectivity index is 1.60. The number of likely N-dealkylation sites (tertiary alicyclic amines) is 1. The molecule has 0 spiro atoms. The van der Waals surface area contributed by atoms with E-state index in [1.54, 1.807) is 0 Å². The van der Waals surface area contributed by atoms with Gasteiger partial charge in [-0.3, -0.25) is 9.89 Å². The van der Waals surface area contributed by atoms with Crippen molar-refractivity contribution < 1.29 is 4.42 Å². The Kier molecular flexibility index (Phi) is 6.38. The lowest BCUT2D eigenvalue weighted by molar-refractivity contribution is 0.125. The molecule has 3 atom stereocenters. The van der Waals surface area contributed by atoms with E-state index in [2.05, 4.69) is 52.0 Å². The van der Waals surface area contributed by atoms with Crippen LogP contribution in [0.25, 0.3) is 0 Å². The summed E-state index contributed by atoms with van der Waals surface area (Å²) in [6.45, 7) is 6.14. The molecule has 5 nitrogen and oxygen atoms in total. The molecule has 2 aromatic rings. The molecule has 0 bridgehead atoms. The summed E-state index contributed by atoms with van der Waals surface area (Å²) in [6.07, 6.45) is 2.49. The lowest BCUT2D eigenvalue weighted by Crippen LogP contribution is -2.45. The van der Waals surface area contributed by atoms with Gasteiger partial charge in [0, 0.05) is 24.5 Å². The quantitative estimate of drug-likeness (QED) is 0.614. The van der Waals surface area contributed by atoms with Crippen LogP contribution in [0, 0.1) is 12.8 Å². The van der Waals surface area contributed by atoms with Gasteiger partial charge in [0.15, 0.2) is 5.96 Å². The zero-order valence-corrected chi connectivity index (χ0v) is 17.0. The van der Waals surface area contributed by atoms with E-state index in [1.165, 1.54) is 24.3 Å². The molecule has 0 aromatic carbocycles. The number of guanidine groups is 1. The number of rotatable bonds is 5. The molecule has 3 rings (SSSR count). The number of furan rings is 1. The lowest BCUT2D eigenvalue weighted by Gasteiger charge is -2.39. The van der Waals surface area contributed by atoms with E-state index in [-0.39, 0.29) is 6.04 Å². The molecular weight excluding hydrogens is 344 g/mol. The van der Waals surface area contributed by atoms with E-state index in [9.17, 15) is 0 Å². The zero-order chi connectivity index (χ0) is 18.5. The van der Waals surface area contributed by atoms with Gasteiger partial charge < -0.3 is 15.1 Å².